The van der Waals surface area contributed by atoms with Crippen LogP contribution in [0.4, 0.5) is 0 Å². The summed E-state index contributed by atoms with van der Waals surface area (Å²) in [4.78, 5) is 39.6. The van der Waals surface area contributed by atoms with Crippen molar-refractivity contribution in [2.24, 2.45) is 0 Å². The van der Waals surface area contributed by atoms with E-state index in [0.29, 0.717) is 30.3 Å². The Kier molecular flexibility index (Phi) is 15.7. The molecule has 1 aliphatic rings. The van der Waals surface area contributed by atoms with Gasteiger partial charge in [-0.1, -0.05) is 30.3 Å². The lowest BCUT2D eigenvalue weighted by Gasteiger charge is -2.30. The Morgan fingerprint density at radius 3 is 1.73 bits per heavy atom. The molecule has 3 aromatic rings. The number of piperidine rings is 1. The molecule has 1 fully saturated rings. The number of carbonyl (C=O) groups is 4. The topological polar surface area (TPSA) is 196 Å². The van der Waals surface area contributed by atoms with Crippen LogP contribution in [0.15, 0.2) is 88.3 Å². The van der Waals surface area contributed by atoms with Gasteiger partial charge in [0, 0.05) is 37.0 Å². The molecule has 6 N–H and O–H groups in total. The van der Waals surface area contributed by atoms with E-state index in [1.165, 1.54) is 31.5 Å². The van der Waals surface area contributed by atoms with E-state index in [4.69, 9.17) is 10.2 Å². The first-order valence-corrected chi connectivity index (χ1v) is 15.6. The zero-order valence-electron chi connectivity index (χ0n) is 23.9. The zero-order chi connectivity index (χ0) is 32.4. The highest BCUT2D eigenvalue weighted by Gasteiger charge is 2.33. The SMILES string of the molecule is O=C([O-])/C=C/C(=O)O.O=C([O-])/C=C/C(=O)O.OC(CC[NH2+]C1CC[NH+](Cc2ccccc2)CC1)(c1ccsc1)c1ccsc1. The minimum absolute atomic E-state index is 0.447. The highest BCUT2D eigenvalue weighted by Crippen LogP contribution is 2.34. The molecule has 2 aromatic heterocycles. The second-order valence-electron chi connectivity index (χ2n) is 9.89. The van der Waals surface area contributed by atoms with Crippen LogP contribution in [0, 0.1) is 0 Å². The predicted molar refractivity (Wildman–Crippen MR) is 160 cm³/mol. The van der Waals surface area contributed by atoms with Crippen molar-refractivity contribution in [1.82, 2.24) is 0 Å². The van der Waals surface area contributed by atoms with Crippen LogP contribution in [0.2, 0.25) is 0 Å². The first-order chi connectivity index (χ1) is 21.0. The number of carbonyl (C=O) groups excluding carboxylic acids is 2. The number of rotatable bonds is 12. The van der Waals surface area contributed by atoms with E-state index >= 15 is 0 Å². The molecule has 0 aliphatic carbocycles. The van der Waals surface area contributed by atoms with Crippen LogP contribution in [0.5, 0.6) is 0 Å². The van der Waals surface area contributed by atoms with Gasteiger partial charge in [0.2, 0.25) is 0 Å². The predicted octanol–water partition coefficient (Wildman–Crippen LogP) is -0.999. The minimum Gasteiger partial charge on any atom is -0.545 e. The number of hydrogen-bond donors (Lipinski definition) is 5. The molecule has 0 atom stereocenters. The number of thiophene rings is 2. The van der Waals surface area contributed by atoms with E-state index in [-0.39, 0.29) is 0 Å². The summed E-state index contributed by atoms with van der Waals surface area (Å²) in [6.45, 7) is 4.59. The van der Waals surface area contributed by atoms with Gasteiger partial charge in [-0.3, -0.25) is 0 Å². The number of likely N-dealkylation sites (tertiary alicyclic amines) is 1. The minimum atomic E-state index is -1.51. The Bertz CT molecular complexity index is 1250. The first kappa shape index (κ1) is 36.1. The summed E-state index contributed by atoms with van der Waals surface area (Å²) in [6.07, 6.45) is 5.17. The van der Waals surface area contributed by atoms with Gasteiger partial charge in [0.05, 0.1) is 37.6 Å². The molecule has 0 bridgehead atoms. The van der Waals surface area contributed by atoms with E-state index in [9.17, 15) is 34.5 Å². The maximum absolute atomic E-state index is 11.5. The third kappa shape index (κ3) is 13.9. The average Bonchev–Trinajstić information content (AvgIpc) is 3.73. The Labute approximate surface area is 263 Å². The van der Waals surface area contributed by atoms with Crippen LogP contribution in [0.3, 0.4) is 0 Å². The van der Waals surface area contributed by atoms with Gasteiger partial charge in [-0.25, -0.2) is 9.59 Å². The van der Waals surface area contributed by atoms with Crippen molar-refractivity contribution in [1.29, 1.82) is 0 Å². The maximum atomic E-state index is 11.5. The number of nitrogens with one attached hydrogen (secondary N) is 1. The van der Waals surface area contributed by atoms with Crippen LogP contribution in [-0.2, 0) is 31.3 Å². The van der Waals surface area contributed by atoms with Gasteiger partial charge in [-0.2, -0.15) is 22.7 Å². The molecule has 1 aliphatic heterocycles. The summed E-state index contributed by atoms with van der Waals surface area (Å²) >= 11 is 3.31. The van der Waals surface area contributed by atoms with E-state index in [2.05, 4.69) is 69.3 Å². The van der Waals surface area contributed by atoms with Crippen molar-refractivity contribution in [2.75, 3.05) is 19.6 Å². The summed E-state index contributed by atoms with van der Waals surface area (Å²) in [6, 6.07) is 15.7. The molecule has 11 nitrogen and oxygen atoms in total. The number of carboxylic acids is 4. The molecule has 0 amide bonds. The van der Waals surface area contributed by atoms with E-state index in [1.54, 1.807) is 27.6 Å². The summed E-state index contributed by atoms with van der Waals surface area (Å²) in [5.74, 6) is -5.61. The molecule has 236 valence electrons. The number of nitrogens with two attached hydrogens (primary N) is 1. The summed E-state index contributed by atoms with van der Waals surface area (Å²) in [5.41, 5.74) is 2.66. The van der Waals surface area contributed by atoms with Gasteiger partial charge in [0.15, 0.2) is 0 Å². The Morgan fingerprint density at radius 1 is 0.841 bits per heavy atom. The number of quaternary nitrogens is 2. The van der Waals surface area contributed by atoms with E-state index < -0.39 is 29.5 Å². The van der Waals surface area contributed by atoms with Crippen molar-refractivity contribution >= 4 is 46.6 Å². The summed E-state index contributed by atoms with van der Waals surface area (Å²) in [7, 11) is 0. The molecule has 3 heterocycles. The molecule has 0 saturated carbocycles. The summed E-state index contributed by atoms with van der Waals surface area (Å²) < 4.78 is 0. The second kappa shape index (κ2) is 19.2. The Morgan fingerprint density at radius 2 is 1.34 bits per heavy atom. The quantitative estimate of drug-likeness (QED) is 0.154. The van der Waals surface area contributed by atoms with Crippen LogP contribution in [0.1, 0.15) is 36.0 Å². The first-order valence-electron chi connectivity index (χ1n) is 13.7. The number of aliphatic carboxylic acids is 4. The molecular weight excluding hydrogens is 608 g/mol. The van der Waals surface area contributed by atoms with E-state index in [1.807, 2.05) is 0 Å². The van der Waals surface area contributed by atoms with Crippen molar-refractivity contribution < 1.29 is 54.9 Å². The number of aliphatic hydroxyl groups is 1. The fraction of sp³-hybridized carbons (Fsp3) is 0.290. The van der Waals surface area contributed by atoms with Crippen molar-refractivity contribution in [3.8, 4) is 0 Å². The van der Waals surface area contributed by atoms with Gasteiger partial charge >= 0.3 is 11.9 Å². The normalized spacial score (nSPS) is 16.4. The summed E-state index contributed by atoms with van der Waals surface area (Å²) in [5, 5.41) is 56.7. The average molecular weight is 645 g/mol. The van der Waals surface area contributed by atoms with Crippen LogP contribution >= 0.6 is 22.7 Å². The van der Waals surface area contributed by atoms with Crippen molar-refractivity contribution in [3.63, 3.8) is 0 Å². The number of hydrogen-bond acceptors (Lipinski definition) is 9. The number of benzene rings is 1. The molecule has 44 heavy (non-hydrogen) atoms. The van der Waals surface area contributed by atoms with Crippen LogP contribution in [0.25, 0.3) is 0 Å². The lowest BCUT2D eigenvalue weighted by Crippen LogP contribution is -3.13. The van der Waals surface area contributed by atoms with Gasteiger partial charge in [0.25, 0.3) is 0 Å². The molecule has 4 rings (SSSR count). The van der Waals surface area contributed by atoms with Gasteiger partial charge < -0.3 is 45.3 Å². The van der Waals surface area contributed by atoms with Gasteiger partial charge in [-0.05, 0) is 56.9 Å². The fourth-order valence-corrected chi connectivity index (χ4v) is 6.05. The molecule has 0 spiro atoms. The third-order valence-corrected chi connectivity index (χ3v) is 8.13. The highest BCUT2D eigenvalue weighted by atomic mass is 32.1. The van der Waals surface area contributed by atoms with Crippen LogP contribution < -0.4 is 20.4 Å². The molecule has 0 unspecified atom stereocenters. The standard InChI is InChI=1S/C23H28N2OS2.2C4H4O4/c26-23(20-8-14-27-17-20,21-9-15-28-18-21)10-11-24-22-6-12-25(13-7-22)16-19-4-2-1-3-5-19;2*5-3(6)1-2-4(7)8/h1-5,8-9,14-15,17-18,22,24,26H,6-7,10-13,16H2;2*1-2H,(H,5,6)(H,7,8)/b;2*2-1+. The van der Waals surface area contributed by atoms with Gasteiger partial charge in [-0.15, -0.1) is 0 Å². The lowest BCUT2D eigenvalue weighted by molar-refractivity contribution is -0.926. The highest BCUT2D eigenvalue weighted by molar-refractivity contribution is 7.08. The largest absolute Gasteiger partial charge is 0.545 e. The van der Waals surface area contributed by atoms with E-state index in [0.717, 1.165) is 30.6 Å². The number of carboxylic acid groups (broad SMARTS) is 4. The Balaban J connectivity index is 0.000000349. The van der Waals surface area contributed by atoms with Gasteiger partial charge in [0.1, 0.15) is 12.1 Å². The molecule has 1 aromatic carbocycles. The monoisotopic (exact) mass is 644 g/mol. The van der Waals surface area contributed by atoms with Crippen molar-refractivity contribution in [3.05, 3.63) is 105 Å². The zero-order valence-corrected chi connectivity index (χ0v) is 25.5. The molecule has 13 heteroatoms. The lowest BCUT2D eigenvalue weighted by atomic mass is 9.86. The van der Waals surface area contributed by atoms with Crippen LogP contribution in [-0.4, -0.2) is 64.9 Å². The fourth-order valence-electron chi connectivity index (χ4n) is 4.61. The maximum Gasteiger partial charge on any atom is 0.328 e. The molecular formula is C31H36N2O9S2. The molecule has 1 saturated heterocycles. The third-order valence-electron chi connectivity index (χ3n) is 6.76. The molecule has 0 radical (unpaired) electrons. The second-order valence-corrected chi connectivity index (χ2v) is 11.4. The Hall–Kier alpha value is -4.14. The van der Waals surface area contributed by atoms with Crippen molar-refractivity contribution in [2.45, 2.75) is 37.5 Å². The smallest absolute Gasteiger partial charge is 0.328 e.